The molecule has 2 aromatic rings. The molecule has 1 N–H and O–H groups in total. The molecule has 0 radical (unpaired) electrons. The van der Waals surface area contributed by atoms with Crippen molar-refractivity contribution in [3.05, 3.63) is 64.6 Å². The molecule has 0 bridgehead atoms. The van der Waals surface area contributed by atoms with E-state index in [0.29, 0.717) is 31.2 Å². The molecule has 3 rings (SSSR count). The van der Waals surface area contributed by atoms with E-state index >= 15 is 0 Å². The quantitative estimate of drug-likeness (QED) is 0.400. The fraction of sp³-hybridized carbons (Fsp3) is 0.519. The first-order valence-corrected chi connectivity index (χ1v) is 13.0. The van der Waals surface area contributed by atoms with Crippen LogP contribution in [0.15, 0.2) is 48.4 Å². The van der Waals surface area contributed by atoms with E-state index < -0.39 is 6.10 Å². The Hall–Kier alpha value is -2.22. The van der Waals surface area contributed by atoms with Crippen LogP contribution in [0.5, 0.6) is 5.75 Å². The van der Waals surface area contributed by atoms with Gasteiger partial charge in [-0.15, -0.1) is 17.9 Å². The van der Waals surface area contributed by atoms with Crippen LogP contribution in [-0.2, 0) is 11.2 Å². The maximum absolute atomic E-state index is 13.6. The van der Waals surface area contributed by atoms with Crippen LogP contribution in [0, 0.1) is 11.7 Å². The number of carbonyl (C=O) groups excluding carboxylic acids is 1. The minimum absolute atomic E-state index is 0.0318. The number of carbonyl (C=O) groups is 1. The van der Waals surface area contributed by atoms with E-state index in [-0.39, 0.29) is 30.9 Å². The summed E-state index contributed by atoms with van der Waals surface area (Å²) in [4.78, 5) is 18.8. The largest absolute Gasteiger partial charge is 0.491 e. The molecule has 0 saturated carbocycles. The van der Waals surface area contributed by atoms with E-state index in [9.17, 15) is 14.3 Å². The van der Waals surface area contributed by atoms with Crippen LogP contribution in [0.4, 0.5) is 4.39 Å². The first kappa shape index (κ1) is 26.4. The van der Waals surface area contributed by atoms with Crippen molar-refractivity contribution in [2.24, 2.45) is 5.92 Å². The van der Waals surface area contributed by atoms with Crippen LogP contribution in [0.3, 0.4) is 0 Å². The number of benzene rings is 1. The van der Waals surface area contributed by atoms with E-state index in [1.807, 2.05) is 11.0 Å². The third-order valence-corrected chi connectivity index (χ3v) is 7.17. The highest BCUT2D eigenvalue weighted by molar-refractivity contribution is 7.10. The topological polar surface area (TPSA) is 53.0 Å². The predicted octanol–water partition coefficient (Wildman–Crippen LogP) is 5.07. The van der Waals surface area contributed by atoms with Gasteiger partial charge in [0.15, 0.2) is 0 Å². The minimum Gasteiger partial charge on any atom is -0.491 e. The molecule has 1 aliphatic heterocycles. The Bertz CT molecular complexity index is 932. The molecule has 34 heavy (non-hydrogen) atoms. The van der Waals surface area contributed by atoms with Gasteiger partial charge < -0.3 is 14.7 Å². The number of ether oxygens (including phenoxy) is 1. The molecule has 0 aliphatic carbocycles. The van der Waals surface area contributed by atoms with Gasteiger partial charge in [0.05, 0.1) is 18.7 Å². The summed E-state index contributed by atoms with van der Waals surface area (Å²) in [6.45, 7) is 10.4. The van der Waals surface area contributed by atoms with Crippen molar-refractivity contribution < 1.29 is 19.0 Å². The zero-order valence-corrected chi connectivity index (χ0v) is 21.1. The monoisotopic (exact) mass is 488 g/mol. The lowest BCUT2D eigenvalue weighted by Gasteiger charge is -2.37. The van der Waals surface area contributed by atoms with Gasteiger partial charge in [-0.05, 0) is 67.3 Å². The van der Waals surface area contributed by atoms with Gasteiger partial charge in [0, 0.05) is 24.0 Å². The molecule has 2 heterocycles. The highest BCUT2D eigenvalue weighted by Crippen LogP contribution is 2.34. The number of hydrogen-bond donors (Lipinski definition) is 1. The van der Waals surface area contributed by atoms with Crippen molar-refractivity contribution in [3.63, 3.8) is 0 Å². The first-order chi connectivity index (χ1) is 16.4. The Morgan fingerprint density at radius 2 is 2.21 bits per heavy atom. The number of allylic oxidation sites excluding steroid dienone is 1. The Morgan fingerprint density at radius 3 is 2.94 bits per heavy atom. The summed E-state index contributed by atoms with van der Waals surface area (Å²) < 4.78 is 19.5. The van der Waals surface area contributed by atoms with E-state index in [0.717, 1.165) is 31.4 Å². The van der Waals surface area contributed by atoms with Crippen LogP contribution < -0.4 is 4.74 Å². The Morgan fingerprint density at radius 1 is 1.38 bits per heavy atom. The molecule has 7 heteroatoms. The van der Waals surface area contributed by atoms with Gasteiger partial charge in [-0.1, -0.05) is 26.0 Å². The maximum Gasteiger partial charge on any atom is 0.237 e. The van der Waals surface area contributed by atoms with Crippen molar-refractivity contribution >= 4 is 17.2 Å². The Labute approximate surface area is 206 Å². The van der Waals surface area contributed by atoms with Crippen molar-refractivity contribution in [2.75, 3.05) is 32.8 Å². The van der Waals surface area contributed by atoms with Crippen LogP contribution >= 0.6 is 11.3 Å². The van der Waals surface area contributed by atoms with Crippen LogP contribution in [0.25, 0.3) is 0 Å². The summed E-state index contributed by atoms with van der Waals surface area (Å²) in [7, 11) is 0. The Balaban J connectivity index is 1.71. The summed E-state index contributed by atoms with van der Waals surface area (Å²) in [5.74, 6) is 0.655. The van der Waals surface area contributed by atoms with Crippen molar-refractivity contribution in [2.45, 2.75) is 51.7 Å². The number of hydrogen-bond acceptors (Lipinski definition) is 5. The second-order valence-corrected chi connectivity index (χ2v) is 10.4. The van der Waals surface area contributed by atoms with Gasteiger partial charge in [-0.3, -0.25) is 9.69 Å². The minimum atomic E-state index is -0.491. The molecule has 0 fully saturated rings. The molecule has 1 aliphatic rings. The third kappa shape index (κ3) is 7.65. The SMILES string of the molecule is C=CCC[C@H](O)CN(CCC(C)C)CC(=O)N1CCc2sccc2[C@@H]1COc1cccc(F)c1. The number of halogens is 1. The predicted molar refractivity (Wildman–Crippen MR) is 136 cm³/mol. The van der Waals surface area contributed by atoms with E-state index in [4.69, 9.17) is 4.74 Å². The standard InChI is InChI=1S/C27H37FN2O3S/c1-4-5-8-22(31)17-29(13-10-20(2)3)18-27(32)30-14-11-26-24(12-15-34-26)25(30)19-33-23-9-6-7-21(28)16-23/h4,6-7,9,12,15-16,20,22,25,31H,1,5,8,10-11,13-14,17-19H2,2-3H3/t22-,25-/m0/s1. The van der Waals surface area contributed by atoms with Gasteiger partial charge >= 0.3 is 0 Å². The number of aliphatic hydroxyl groups excluding tert-OH is 1. The number of thiophene rings is 1. The number of rotatable bonds is 13. The number of nitrogens with zero attached hydrogens (tertiary/aromatic N) is 2. The molecule has 1 aromatic carbocycles. The number of fused-ring (bicyclic) bond motifs is 1. The van der Waals surface area contributed by atoms with E-state index in [1.165, 1.54) is 17.0 Å². The molecule has 1 amide bonds. The van der Waals surface area contributed by atoms with Crippen LogP contribution in [0.1, 0.15) is 49.6 Å². The maximum atomic E-state index is 13.6. The van der Waals surface area contributed by atoms with Gasteiger partial charge in [0.1, 0.15) is 18.2 Å². The lowest BCUT2D eigenvalue weighted by molar-refractivity contribution is -0.136. The summed E-state index contributed by atoms with van der Waals surface area (Å²) in [6.07, 6.45) is 4.49. The van der Waals surface area contributed by atoms with Gasteiger partial charge in [-0.2, -0.15) is 0 Å². The molecule has 0 unspecified atom stereocenters. The average molecular weight is 489 g/mol. The average Bonchev–Trinajstić information content (AvgIpc) is 3.28. The molecular weight excluding hydrogens is 451 g/mol. The number of aliphatic hydroxyl groups is 1. The molecule has 0 spiro atoms. The fourth-order valence-electron chi connectivity index (χ4n) is 4.26. The summed E-state index contributed by atoms with van der Waals surface area (Å²) in [6, 6.07) is 7.94. The van der Waals surface area contributed by atoms with Crippen LogP contribution in [0.2, 0.25) is 0 Å². The molecule has 1 aromatic heterocycles. The highest BCUT2D eigenvalue weighted by atomic mass is 32.1. The smallest absolute Gasteiger partial charge is 0.237 e. The zero-order valence-electron chi connectivity index (χ0n) is 20.3. The second kappa shape index (κ2) is 13.0. The molecule has 0 saturated heterocycles. The first-order valence-electron chi connectivity index (χ1n) is 12.1. The normalized spacial score (nSPS) is 16.5. The van der Waals surface area contributed by atoms with Crippen molar-refractivity contribution in [1.82, 2.24) is 9.80 Å². The molecule has 5 nitrogen and oxygen atoms in total. The van der Waals surface area contributed by atoms with Gasteiger partial charge in [0.2, 0.25) is 5.91 Å². The number of amides is 1. The summed E-state index contributed by atoms with van der Waals surface area (Å²) in [5.41, 5.74) is 1.11. The van der Waals surface area contributed by atoms with Crippen molar-refractivity contribution in [3.8, 4) is 5.75 Å². The summed E-state index contributed by atoms with van der Waals surface area (Å²) >= 11 is 1.70. The lowest BCUT2D eigenvalue weighted by Crippen LogP contribution is -2.48. The second-order valence-electron chi connectivity index (χ2n) is 9.36. The molecule has 186 valence electrons. The summed E-state index contributed by atoms with van der Waals surface area (Å²) in [5, 5.41) is 12.5. The van der Waals surface area contributed by atoms with Gasteiger partial charge in [0.25, 0.3) is 0 Å². The zero-order chi connectivity index (χ0) is 24.5. The molecule has 2 atom stereocenters. The lowest BCUT2D eigenvalue weighted by atomic mass is 10.00. The van der Waals surface area contributed by atoms with Crippen molar-refractivity contribution in [1.29, 1.82) is 0 Å². The highest BCUT2D eigenvalue weighted by Gasteiger charge is 2.33. The molecular formula is C27H37FN2O3S. The van der Waals surface area contributed by atoms with E-state index in [1.54, 1.807) is 23.5 Å². The van der Waals surface area contributed by atoms with Crippen LogP contribution in [-0.4, -0.2) is 59.7 Å². The Kier molecular flexibility index (Phi) is 10.1. The fourth-order valence-corrected chi connectivity index (χ4v) is 5.19. The van der Waals surface area contributed by atoms with Gasteiger partial charge in [-0.25, -0.2) is 4.39 Å². The third-order valence-electron chi connectivity index (χ3n) is 6.17. The van der Waals surface area contributed by atoms with E-state index in [2.05, 4.69) is 36.8 Å².